The Morgan fingerprint density at radius 3 is 2.05 bits per heavy atom. The lowest BCUT2D eigenvalue weighted by Gasteiger charge is -2.25. The molecular formula is C30H37N5O3. The minimum atomic E-state index is -0.638. The number of nitrogens with one attached hydrogen (secondary N) is 1. The Hall–Kier alpha value is -3.91. The number of fused-ring (bicyclic) bond motifs is 1. The summed E-state index contributed by atoms with van der Waals surface area (Å²) in [7, 11) is 0. The molecule has 38 heavy (non-hydrogen) atoms. The van der Waals surface area contributed by atoms with E-state index in [1.165, 1.54) is 0 Å². The van der Waals surface area contributed by atoms with Crippen LogP contribution in [-0.4, -0.2) is 32.9 Å². The van der Waals surface area contributed by atoms with Crippen LogP contribution >= 0.6 is 0 Å². The maximum Gasteiger partial charge on any atom is 0.427 e. The number of nitrogens with zero attached hydrogens (tertiary/aromatic N) is 4. The average molecular weight is 516 g/mol. The van der Waals surface area contributed by atoms with Gasteiger partial charge in [-0.15, -0.1) is 0 Å². The molecule has 4 rings (SSSR count). The maximum atomic E-state index is 12.8. The molecule has 0 bridgehead atoms. The highest BCUT2D eigenvalue weighted by Gasteiger charge is 2.25. The van der Waals surface area contributed by atoms with Gasteiger partial charge in [0.25, 0.3) is 0 Å². The largest absolute Gasteiger partial charge is 0.443 e. The molecule has 0 fully saturated rings. The summed E-state index contributed by atoms with van der Waals surface area (Å²) in [6.07, 6.45) is -0.560. The molecule has 0 aliphatic rings. The minimum Gasteiger partial charge on any atom is -0.443 e. The summed E-state index contributed by atoms with van der Waals surface area (Å²) in [6.45, 7) is 13.5. The number of ether oxygens (including phenoxy) is 2. The zero-order valence-electron chi connectivity index (χ0n) is 23.1. The Kier molecular flexibility index (Phi) is 8.32. The molecule has 4 aromatic rings. The van der Waals surface area contributed by atoms with Crippen LogP contribution in [-0.2, 0) is 29.2 Å². The number of amides is 1. The highest BCUT2D eigenvalue weighted by atomic mass is 16.6. The Bertz CT molecular complexity index is 1340. The van der Waals surface area contributed by atoms with Gasteiger partial charge in [-0.05, 0) is 58.2 Å². The first-order valence-electron chi connectivity index (χ1n) is 13.0. The van der Waals surface area contributed by atoms with Crippen LogP contribution < -0.4 is 10.3 Å². The normalized spacial score (nSPS) is 11.5. The van der Waals surface area contributed by atoms with Gasteiger partial charge in [-0.2, -0.15) is 0 Å². The van der Waals surface area contributed by atoms with E-state index in [4.69, 9.17) is 19.4 Å². The molecular weight excluding hydrogens is 478 g/mol. The number of hydrogen-bond donors (Lipinski definition) is 1. The molecule has 8 heteroatoms. The van der Waals surface area contributed by atoms with Crippen molar-refractivity contribution in [3.05, 3.63) is 88.9 Å². The summed E-state index contributed by atoms with van der Waals surface area (Å²) in [6, 6.07) is 20.6. The third-order valence-corrected chi connectivity index (χ3v) is 6.10. The standard InChI is InChI=1S/C30H37N5O3/c1-7-37-20-25-32-26-27(35(25)33-29(36)38-30(4,5)6)21(2)22(3)31-28(26)34(18-23-14-10-8-11-15-23)19-24-16-12-9-13-17-24/h8-17H,7,18-20H2,1-6H3,(H,33,36). The van der Waals surface area contributed by atoms with E-state index < -0.39 is 11.7 Å². The Balaban J connectivity index is 1.87. The summed E-state index contributed by atoms with van der Waals surface area (Å²) in [5.74, 6) is 1.32. The van der Waals surface area contributed by atoms with Gasteiger partial charge in [0.15, 0.2) is 11.6 Å². The lowest BCUT2D eigenvalue weighted by Crippen LogP contribution is -2.32. The lowest BCUT2D eigenvalue weighted by atomic mass is 10.1. The number of pyridine rings is 1. The average Bonchev–Trinajstić information content (AvgIpc) is 3.22. The minimum absolute atomic E-state index is 0.232. The van der Waals surface area contributed by atoms with Crippen LogP contribution in [0.5, 0.6) is 0 Å². The SMILES string of the molecule is CCOCc1nc2c(N(Cc3ccccc3)Cc3ccccc3)nc(C)c(C)c2n1NC(=O)OC(C)(C)C. The van der Waals surface area contributed by atoms with Crippen molar-refractivity contribution < 1.29 is 14.3 Å². The van der Waals surface area contributed by atoms with Crippen LogP contribution in [0, 0.1) is 13.8 Å². The highest BCUT2D eigenvalue weighted by molar-refractivity contribution is 5.92. The zero-order chi connectivity index (χ0) is 27.3. The molecule has 1 N–H and O–H groups in total. The number of imidazole rings is 1. The van der Waals surface area contributed by atoms with Gasteiger partial charge in [0.1, 0.15) is 17.7 Å². The number of carbonyl (C=O) groups is 1. The van der Waals surface area contributed by atoms with Gasteiger partial charge >= 0.3 is 6.09 Å². The number of aromatic nitrogens is 3. The fraction of sp³-hybridized carbons (Fsp3) is 0.367. The quantitative estimate of drug-likeness (QED) is 0.283. The number of anilines is 1. The van der Waals surface area contributed by atoms with Crippen molar-refractivity contribution in [2.75, 3.05) is 16.9 Å². The Morgan fingerprint density at radius 1 is 0.947 bits per heavy atom. The molecule has 2 aromatic heterocycles. The van der Waals surface area contributed by atoms with E-state index in [9.17, 15) is 4.79 Å². The molecule has 0 atom stereocenters. The van der Waals surface area contributed by atoms with E-state index in [-0.39, 0.29) is 6.61 Å². The summed E-state index contributed by atoms with van der Waals surface area (Å²) in [5, 5.41) is 0. The fourth-order valence-corrected chi connectivity index (χ4v) is 4.27. The second kappa shape index (κ2) is 11.6. The van der Waals surface area contributed by atoms with E-state index in [1.54, 1.807) is 4.68 Å². The number of aryl methyl sites for hydroxylation is 2. The fourth-order valence-electron chi connectivity index (χ4n) is 4.27. The molecule has 0 radical (unpaired) electrons. The van der Waals surface area contributed by atoms with Crippen LogP contribution in [0.25, 0.3) is 11.0 Å². The van der Waals surface area contributed by atoms with E-state index in [1.807, 2.05) is 77.9 Å². The third-order valence-electron chi connectivity index (χ3n) is 6.10. The van der Waals surface area contributed by atoms with Crippen molar-refractivity contribution in [3.63, 3.8) is 0 Å². The van der Waals surface area contributed by atoms with Gasteiger partial charge in [-0.25, -0.2) is 24.9 Å². The van der Waals surface area contributed by atoms with Gasteiger partial charge in [0.05, 0.1) is 5.52 Å². The lowest BCUT2D eigenvalue weighted by molar-refractivity contribution is 0.0610. The first-order chi connectivity index (χ1) is 18.2. The molecule has 0 aliphatic carbocycles. The molecule has 0 spiro atoms. The van der Waals surface area contributed by atoms with Crippen LogP contribution in [0.4, 0.5) is 10.6 Å². The summed E-state index contributed by atoms with van der Waals surface area (Å²) >= 11 is 0. The van der Waals surface area contributed by atoms with Crippen molar-refractivity contribution in [2.24, 2.45) is 0 Å². The van der Waals surface area contributed by atoms with Crippen LogP contribution in [0.15, 0.2) is 60.7 Å². The van der Waals surface area contributed by atoms with Crippen molar-refractivity contribution in [1.82, 2.24) is 14.6 Å². The van der Waals surface area contributed by atoms with Crippen LogP contribution in [0.2, 0.25) is 0 Å². The molecule has 200 valence electrons. The second-order valence-electron chi connectivity index (χ2n) is 10.3. The third kappa shape index (κ3) is 6.50. The van der Waals surface area contributed by atoms with Crippen LogP contribution in [0.1, 0.15) is 55.9 Å². The maximum absolute atomic E-state index is 12.8. The number of benzene rings is 2. The summed E-state index contributed by atoms with van der Waals surface area (Å²) < 4.78 is 13.0. The second-order valence-corrected chi connectivity index (χ2v) is 10.3. The van der Waals surface area contributed by atoms with Gasteiger partial charge in [-0.1, -0.05) is 60.7 Å². The monoisotopic (exact) mass is 515 g/mol. The molecule has 1 amide bonds. The zero-order valence-corrected chi connectivity index (χ0v) is 23.1. The van der Waals surface area contributed by atoms with E-state index in [0.717, 1.165) is 33.7 Å². The predicted molar refractivity (Wildman–Crippen MR) is 151 cm³/mol. The van der Waals surface area contributed by atoms with Crippen molar-refractivity contribution in [2.45, 2.75) is 66.8 Å². The van der Waals surface area contributed by atoms with Gasteiger partial charge in [0, 0.05) is 25.4 Å². The van der Waals surface area contributed by atoms with Crippen molar-refractivity contribution >= 4 is 22.9 Å². The van der Waals surface area contributed by atoms with Crippen molar-refractivity contribution in [1.29, 1.82) is 0 Å². The molecule has 8 nitrogen and oxygen atoms in total. The first-order valence-corrected chi connectivity index (χ1v) is 13.0. The summed E-state index contributed by atoms with van der Waals surface area (Å²) in [5.41, 5.74) is 7.85. The molecule has 2 heterocycles. The molecule has 0 unspecified atom stereocenters. The summed E-state index contributed by atoms with van der Waals surface area (Å²) in [4.78, 5) is 25.1. The van der Waals surface area contributed by atoms with E-state index in [0.29, 0.717) is 31.0 Å². The highest BCUT2D eigenvalue weighted by Crippen LogP contribution is 2.31. The number of rotatable bonds is 9. The molecule has 0 saturated carbocycles. The van der Waals surface area contributed by atoms with Gasteiger partial charge in [-0.3, -0.25) is 0 Å². The van der Waals surface area contributed by atoms with E-state index in [2.05, 4.69) is 34.6 Å². The topological polar surface area (TPSA) is 81.5 Å². The Labute approximate surface area is 224 Å². The number of carbonyl (C=O) groups excluding carboxylic acids is 1. The van der Waals surface area contributed by atoms with Gasteiger partial charge < -0.3 is 14.4 Å². The van der Waals surface area contributed by atoms with Crippen molar-refractivity contribution in [3.8, 4) is 0 Å². The molecule has 2 aromatic carbocycles. The molecule has 0 aliphatic heterocycles. The first kappa shape index (κ1) is 27.1. The van der Waals surface area contributed by atoms with Crippen LogP contribution in [0.3, 0.4) is 0 Å². The predicted octanol–water partition coefficient (Wildman–Crippen LogP) is 6.27. The van der Waals surface area contributed by atoms with Gasteiger partial charge in [0.2, 0.25) is 0 Å². The molecule has 0 saturated heterocycles. The van der Waals surface area contributed by atoms with E-state index >= 15 is 0 Å². The Morgan fingerprint density at radius 2 is 1.53 bits per heavy atom. The number of hydrogen-bond acceptors (Lipinski definition) is 6. The smallest absolute Gasteiger partial charge is 0.427 e.